The molecule has 1 amide bonds. The maximum atomic E-state index is 13.3. The number of unbranched alkanes of at least 4 members (excludes halogenated alkanes) is 18. The Morgan fingerprint density at radius 2 is 0.710 bits per heavy atom. The smallest absolute Gasteiger partial charge is 0.343 e. The molecule has 374 valence electrons. The van der Waals surface area contributed by atoms with Gasteiger partial charge in [0, 0.05) is 38.3 Å². The van der Waals surface area contributed by atoms with Crippen LogP contribution in [0, 0.1) is 0 Å². The number of carbonyl (C=O) groups is 4. The Kier molecular flexibility index (Phi) is 25.3. The highest BCUT2D eigenvalue weighted by atomic mass is 16.5. The number of benzene rings is 4. The van der Waals surface area contributed by atoms with Crippen LogP contribution in [0.1, 0.15) is 184 Å². The highest BCUT2D eigenvalue weighted by Crippen LogP contribution is 2.21. The van der Waals surface area contributed by atoms with Gasteiger partial charge < -0.3 is 28.6 Å². The van der Waals surface area contributed by atoms with E-state index in [0.29, 0.717) is 79.7 Å². The van der Waals surface area contributed by atoms with Gasteiger partial charge in [-0.15, -0.1) is 0 Å². The number of ether oxygens (including phenoxy) is 5. The monoisotopic (exact) mass is 947 g/mol. The van der Waals surface area contributed by atoms with Gasteiger partial charge in [0.2, 0.25) is 0 Å². The average molecular weight is 947 g/mol. The summed E-state index contributed by atoms with van der Waals surface area (Å²) in [5.41, 5.74) is 1.68. The third kappa shape index (κ3) is 20.8. The average Bonchev–Trinajstić information content (AvgIpc) is 3.38. The van der Waals surface area contributed by atoms with Crippen LogP contribution >= 0.6 is 0 Å². The van der Waals surface area contributed by atoms with Gasteiger partial charge in [-0.05, 0) is 110 Å². The molecule has 0 radical (unpaired) electrons. The number of amides is 1. The fraction of sp³-hybridized carbons (Fsp3) is 0.517. The van der Waals surface area contributed by atoms with E-state index in [2.05, 4.69) is 18.7 Å². The first-order valence-corrected chi connectivity index (χ1v) is 26.1. The fourth-order valence-corrected chi connectivity index (χ4v) is 8.30. The van der Waals surface area contributed by atoms with Crippen LogP contribution in [0.3, 0.4) is 0 Å². The van der Waals surface area contributed by atoms with Gasteiger partial charge in [-0.25, -0.2) is 14.4 Å². The lowest BCUT2D eigenvalue weighted by Crippen LogP contribution is -2.49. The van der Waals surface area contributed by atoms with Gasteiger partial charge in [-0.2, -0.15) is 0 Å². The maximum Gasteiger partial charge on any atom is 0.343 e. The third-order valence-corrected chi connectivity index (χ3v) is 12.6. The van der Waals surface area contributed by atoms with E-state index in [1.54, 1.807) is 102 Å². The molecule has 1 saturated heterocycles. The number of piperazine rings is 1. The lowest BCUT2D eigenvalue weighted by molar-refractivity contribution is 0.0411. The summed E-state index contributed by atoms with van der Waals surface area (Å²) in [6.45, 7) is 8.87. The van der Waals surface area contributed by atoms with Crippen LogP contribution in [-0.4, -0.2) is 86.2 Å². The minimum atomic E-state index is -0.498. The molecule has 1 aliphatic rings. The van der Waals surface area contributed by atoms with E-state index < -0.39 is 17.9 Å². The number of nitrogens with zero attached hydrogens (tertiary/aromatic N) is 2. The van der Waals surface area contributed by atoms with Crippen molar-refractivity contribution >= 4 is 23.8 Å². The van der Waals surface area contributed by atoms with Crippen LogP contribution in [0.2, 0.25) is 0 Å². The Hall–Kier alpha value is -5.68. The summed E-state index contributed by atoms with van der Waals surface area (Å²) in [4.78, 5) is 55.6. The van der Waals surface area contributed by atoms with Crippen molar-refractivity contribution in [3.63, 3.8) is 0 Å². The Morgan fingerprint density at radius 1 is 0.377 bits per heavy atom. The van der Waals surface area contributed by atoms with Crippen molar-refractivity contribution in [3.8, 4) is 23.0 Å². The molecule has 4 aromatic rings. The van der Waals surface area contributed by atoms with Crippen molar-refractivity contribution in [1.29, 1.82) is 0 Å². The molecule has 0 aromatic heterocycles. The van der Waals surface area contributed by atoms with E-state index in [0.717, 1.165) is 37.2 Å². The molecule has 0 atom stereocenters. The topological polar surface area (TPSA) is 121 Å². The number of hydrogen-bond donors (Lipinski definition) is 0. The minimum Gasteiger partial charge on any atom is -0.494 e. The zero-order valence-electron chi connectivity index (χ0n) is 41.6. The largest absolute Gasteiger partial charge is 0.494 e. The Labute approximate surface area is 412 Å². The van der Waals surface area contributed by atoms with E-state index in [1.165, 1.54) is 103 Å². The molecule has 0 bridgehead atoms. The predicted octanol–water partition coefficient (Wildman–Crippen LogP) is 13.3. The number of rotatable bonds is 33. The van der Waals surface area contributed by atoms with Gasteiger partial charge >= 0.3 is 17.9 Å². The molecule has 11 heteroatoms. The summed E-state index contributed by atoms with van der Waals surface area (Å²) in [5, 5.41) is 0. The third-order valence-electron chi connectivity index (χ3n) is 12.6. The molecule has 4 aromatic carbocycles. The van der Waals surface area contributed by atoms with E-state index in [9.17, 15) is 19.2 Å². The molecule has 0 saturated carbocycles. The van der Waals surface area contributed by atoms with Gasteiger partial charge in [0.05, 0.1) is 29.9 Å². The molecule has 11 nitrogen and oxygen atoms in total. The number of carbonyl (C=O) groups excluding carboxylic acids is 4. The molecule has 0 N–H and O–H groups in total. The van der Waals surface area contributed by atoms with Crippen molar-refractivity contribution < 1.29 is 42.9 Å². The first-order chi connectivity index (χ1) is 33.8. The van der Waals surface area contributed by atoms with E-state index in [4.69, 9.17) is 23.7 Å². The van der Waals surface area contributed by atoms with Crippen molar-refractivity contribution in [2.24, 2.45) is 0 Å². The lowest BCUT2D eigenvalue weighted by atomic mass is 10.1. The summed E-state index contributed by atoms with van der Waals surface area (Å²) in [7, 11) is 0. The molecule has 5 rings (SSSR count). The number of hydrogen-bond acceptors (Lipinski definition) is 10. The highest BCUT2D eigenvalue weighted by molar-refractivity contribution is 5.95. The Balaban J connectivity index is 0.903. The molecular formula is C58H78N2O9. The molecule has 1 heterocycles. The SMILES string of the molecule is CCCCCCCCCCCCOc1ccc(C(=O)Oc2ccc(C(=O)OCCN3CCN(C(=O)c4ccc(OC(=O)c5ccc(OCCCCCCCCCCCC)cc5)cc4)CC3)cc2)cc1. The standard InChI is InChI=1S/C58H78N2O9/c1-3-5-7-9-11-13-15-17-19-21-44-65-51-31-25-49(26-32-51)57(63)68-53-35-23-47(24-36-53)55(61)60-41-39-59(40-42-60)43-46-67-56(62)48-29-37-54(38-30-48)69-58(64)50-27-33-52(34-28-50)66-45-22-20-18-16-14-12-10-8-6-4-2/h23-38H,3-22,39-46H2,1-2H3. The maximum absolute atomic E-state index is 13.3. The summed E-state index contributed by atoms with van der Waals surface area (Å²) in [6, 6.07) is 26.8. The van der Waals surface area contributed by atoms with Gasteiger partial charge in [0.1, 0.15) is 29.6 Å². The second-order valence-corrected chi connectivity index (χ2v) is 18.2. The molecule has 0 spiro atoms. The van der Waals surface area contributed by atoms with Gasteiger partial charge in [-0.1, -0.05) is 129 Å². The first-order valence-electron chi connectivity index (χ1n) is 26.1. The van der Waals surface area contributed by atoms with Crippen molar-refractivity contribution in [3.05, 3.63) is 119 Å². The Morgan fingerprint density at radius 3 is 1.10 bits per heavy atom. The van der Waals surface area contributed by atoms with Gasteiger partial charge in [0.25, 0.3) is 5.91 Å². The lowest BCUT2D eigenvalue weighted by Gasteiger charge is -2.34. The summed E-state index contributed by atoms with van der Waals surface area (Å²) < 4.78 is 28.4. The summed E-state index contributed by atoms with van der Waals surface area (Å²) >= 11 is 0. The van der Waals surface area contributed by atoms with E-state index in [-0.39, 0.29) is 12.5 Å². The quantitative estimate of drug-likeness (QED) is 0.0259. The van der Waals surface area contributed by atoms with Crippen LogP contribution < -0.4 is 18.9 Å². The fourth-order valence-electron chi connectivity index (χ4n) is 8.30. The Bertz CT molecular complexity index is 2060. The first kappa shape index (κ1) is 54.3. The summed E-state index contributed by atoms with van der Waals surface area (Å²) in [5.74, 6) is 0.584. The van der Waals surface area contributed by atoms with E-state index in [1.807, 2.05) is 0 Å². The van der Waals surface area contributed by atoms with Crippen molar-refractivity contribution in [2.45, 2.75) is 142 Å². The molecule has 1 fully saturated rings. The van der Waals surface area contributed by atoms with Crippen molar-refractivity contribution in [2.75, 3.05) is 52.5 Å². The van der Waals surface area contributed by atoms with Crippen LogP contribution in [0.25, 0.3) is 0 Å². The second-order valence-electron chi connectivity index (χ2n) is 18.2. The van der Waals surface area contributed by atoms with Crippen LogP contribution in [0.5, 0.6) is 23.0 Å². The molecule has 69 heavy (non-hydrogen) atoms. The molecule has 1 aliphatic heterocycles. The normalized spacial score (nSPS) is 12.6. The molecule has 0 unspecified atom stereocenters. The van der Waals surface area contributed by atoms with Gasteiger partial charge in [0.15, 0.2) is 0 Å². The van der Waals surface area contributed by atoms with E-state index >= 15 is 0 Å². The number of esters is 3. The summed E-state index contributed by atoms with van der Waals surface area (Å²) in [6.07, 6.45) is 25.5. The highest BCUT2D eigenvalue weighted by Gasteiger charge is 2.23. The zero-order valence-corrected chi connectivity index (χ0v) is 41.6. The van der Waals surface area contributed by atoms with Gasteiger partial charge in [-0.3, -0.25) is 9.69 Å². The second kappa shape index (κ2) is 32.2. The zero-order chi connectivity index (χ0) is 48.7. The molecule has 0 aliphatic carbocycles. The van der Waals surface area contributed by atoms with Crippen LogP contribution in [-0.2, 0) is 4.74 Å². The molecular weight excluding hydrogens is 869 g/mol. The van der Waals surface area contributed by atoms with Crippen molar-refractivity contribution in [1.82, 2.24) is 9.80 Å². The minimum absolute atomic E-state index is 0.0981. The van der Waals surface area contributed by atoms with Crippen LogP contribution in [0.15, 0.2) is 97.1 Å². The predicted molar refractivity (Wildman–Crippen MR) is 273 cm³/mol. The van der Waals surface area contributed by atoms with Crippen LogP contribution in [0.4, 0.5) is 0 Å².